The minimum absolute atomic E-state index is 0.224. The van der Waals surface area contributed by atoms with Gasteiger partial charge in [-0.25, -0.2) is 9.59 Å². The largest absolute Gasteiger partial charge is 0.465 e. The molecule has 1 aromatic rings. The van der Waals surface area contributed by atoms with Crippen molar-refractivity contribution in [3.05, 3.63) is 29.8 Å². The summed E-state index contributed by atoms with van der Waals surface area (Å²) in [6.45, 7) is 5.59. The van der Waals surface area contributed by atoms with Crippen molar-refractivity contribution < 1.29 is 29.0 Å². The molecule has 0 aliphatic carbocycles. The molecule has 24 heavy (non-hydrogen) atoms. The second kappa shape index (κ2) is 6.78. The number of benzene rings is 1. The molecule has 0 bridgehead atoms. The van der Waals surface area contributed by atoms with Gasteiger partial charge in [-0.2, -0.15) is 0 Å². The van der Waals surface area contributed by atoms with Gasteiger partial charge in [0.1, 0.15) is 11.4 Å². The Labute approximate surface area is 141 Å². The molecule has 1 fully saturated rings. The average Bonchev–Trinajstić information content (AvgIpc) is 2.88. The summed E-state index contributed by atoms with van der Waals surface area (Å²) in [7, 11) is 1.30. The minimum atomic E-state index is -1.83. The van der Waals surface area contributed by atoms with Crippen LogP contribution in [0.3, 0.4) is 0 Å². The van der Waals surface area contributed by atoms with Crippen molar-refractivity contribution in [1.82, 2.24) is 5.06 Å². The van der Waals surface area contributed by atoms with Crippen molar-refractivity contribution in [2.45, 2.75) is 44.9 Å². The number of hydrogen-bond acceptors (Lipinski definition) is 7. The van der Waals surface area contributed by atoms with E-state index in [4.69, 9.17) is 9.57 Å². The highest BCUT2D eigenvalue weighted by atomic mass is 16.7. The van der Waals surface area contributed by atoms with E-state index in [9.17, 15) is 14.7 Å². The van der Waals surface area contributed by atoms with Gasteiger partial charge in [-0.3, -0.25) is 0 Å². The van der Waals surface area contributed by atoms with Gasteiger partial charge in [-0.1, -0.05) is 0 Å². The van der Waals surface area contributed by atoms with Crippen LogP contribution in [0.25, 0.3) is 0 Å². The van der Waals surface area contributed by atoms with E-state index in [0.717, 1.165) is 0 Å². The van der Waals surface area contributed by atoms with Crippen LogP contribution in [0.4, 0.5) is 0 Å². The van der Waals surface area contributed by atoms with Crippen LogP contribution >= 0.6 is 0 Å². The number of rotatable bonds is 4. The van der Waals surface area contributed by atoms with Crippen molar-refractivity contribution in [2.75, 3.05) is 13.7 Å². The van der Waals surface area contributed by atoms with Crippen LogP contribution in [0.2, 0.25) is 0 Å². The molecule has 1 aliphatic rings. The van der Waals surface area contributed by atoms with Gasteiger partial charge in [0.05, 0.1) is 12.7 Å². The van der Waals surface area contributed by atoms with Crippen molar-refractivity contribution >= 4 is 11.9 Å². The molecule has 0 aromatic heterocycles. The third-order valence-electron chi connectivity index (χ3n) is 3.52. The smallest absolute Gasteiger partial charge is 0.357 e. The molecule has 1 unspecified atom stereocenters. The number of aliphatic hydroxyl groups is 1. The SMILES string of the molecule is COC(=O)c1ccc(ON2CCCC2(O)C(=O)OC(C)(C)C)cc1. The van der Waals surface area contributed by atoms with Gasteiger partial charge in [-0.15, -0.1) is 5.06 Å². The fourth-order valence-electron chi connectivity index (χ4n) is 2.36. The highest BCUT2D eigenvalue weighted by Gasteiger charge is 2.50. The Kier molecular flexibility index (Phi) is 5.15. The molecule has 1 N–H and O–H groups in total. The summed E-state index contributed by atoms with van der Waals surface area (Å²) in [6.07, 6.45) is 0.818. The molecular formula is C17H23NO6. The predicted molar refractivity (Wildman–Crippen MR) is 85.1 cm³/mol. The number of nitrogens with zero attached hydrogens (tertiary/aromatic N) is 1. The second-order valence-corrected chi connectivity index (χ2v) is 6.63. The summed E-state index contributed by atoms with van der Waals surface area (Å²) in [6, 6.07) is 6.23. The molecule has 7 heteroatoms. The molecule has 2 rings (SSSR count). The van der Waals surface area contributed by atoms with Crippen LogP contribution in [0, 0.1) is 0 Å². The molecule has 1 heterocycles. The molecule has 0 spiro atoms. The predicted octanol–water partition coefficient (Wildman–Crippen LogP) is 1.89. The van der Waals surface area contributed by atoms with Crippen LogP contribution in [0.1, 0.15) is 44.0 Å². The topological polar surface area (TPSA) is 85.3 Å². The number of hydroxylamine groups is 2. The van der Waals surface area contributed by atoms with E-state index in [0.29, 0.717) is 24.3 Å². The average molecular weight is 337 g/mol. The summed E-state index contributed by atoms with van der Waals surface area (Å²) in [5.41, 5.74) is -2.15. The van der Waals surface area contributed by atoms with Gasteiger partial charge in [0.2, 0.25) is 5.72 Å². The van der Waals surface area contributed by atoms with Crippen molar-refractivity contribution in [2.24, 2.45) is 0 Å². The first kappa shape index (κ1) is 18.2. The summed E-state index contributed by atoms with van der Waals surface area (Å²) < 4.78 is 9.92. The minimum Gasteiger partial charge on any atom is -0.465 e. The Morgan fingerprint density at radius 1 is 1.21 bits per heavy atom. The first-order valence-electron chi connectivity index (χ1n) is 7.75. The lowest BCUT2D eigenvalue weighted by atomic mass is 10.1. The number of carbonyl (C=O) groups excluding carboxylic acids is 2. The molecule has 7 nitrogen and oxygen atoms in total. The molecule has 132 valence electrons. The molecule has 1 saturated heterocycles. The zero-order chi connectivity index (χ0) is 18.0. The zero-order valence-electron chi connectivity index (χ0n) is 14.4. The molecule has 0 radical (unpaired) electrons. The van der Waals surface area contributed by atoms with Crippen molar-refractivity contribution in [3.8, 4) is 5.75 Å². The Balaban J connectivity index is 2.10. The van der Waals surface area contributed by atoms with E-state index in [1.807, 2.05) is 0 Å². The second-order valence-electron chi connectivity index (χ2n) is 6.63. The first-order valence-corrected chi connectivity index (χ1v) is 7.75. The van der Waals surface area contributed by atoms with E-state index in [-0.39, 0.29) is 6.42 Å². The van der Waals surface area contributed by atoms with Crippen LogP contribution in [-0.2, 0) is 14.3 Å². The Morgan fingerprint density at radius 3 is 2.38 bits per heavy atom. The van der Waals surface area contributed by atoms with Gasteiger partial charge in [-0.05, 0) is 51.5 Å². The monoisotopic (exact) mass is 337 g/mol. The Morgan fingerprint density at radius 2 is 1.83 bits per heavy atom. The van der Waals surface area contributed by atoms with Crippen molar-refractivity contribution in [3.63, 3.8) is 0 Å². The highest BCUT2D eigenvalue weighted by Crippen LogP contribution is 2.31. The van der Waals surface area contributed by atoms with Gasteiger partial charge in [0.15, 0.2) is 0 Å². The summed E-state index contributed by atoms with van der Waals surface area (Å²) >= 11 is 0. The third kappa shape index (κ3) is 4.04. The summed E-state index contributed by atoms with van der Waals surface area (Å²) in [5, 5.41) is 11.9. The maximum absolute atomic E-state index is 12.3. The fourth-order valence-corrected chi connectivity index (χ4v) is 2.36. The summed E-state index contributed by atoms with van der Waals surface area (Å²) in [4.78, 5) is 29.4. The van der Waals surface area contributed by atoms with Crippen LogP contribution in [0.15, 0.2) is 24.3 Å². The lowest BCUT2D eigenvalue weighted by molar-refractivity contribution is -0.239. The number of hydrogen-bond donors (Lipinski definition) is 1. The number of methoxy groups -OCH3 is 1. The lowest BCUT2D eigenvalue weighted by Crippen LogP contribution is -2.54. The number of carbonyl (C=O) groups is 2. The van der Waals surface area contributed by atoms with Gasteiger partial charge in [0.25, 0.3) is 0 Å². The standard InChI is InChI=1S/C17H23NO6/c1-16(2,3)23-15(20)17(21)10-5-11-18(17)24-13-8-6-12(7-9-13)14(19)22-4/h6-9,21H,5,10-11H2,1-4H3. The first-order chi connectivity index (χ1) is 11.2. The van der Waals surface area contributed by atoms with E-state index in [1.165, 1.54) is 12.2 Å². The van der Waals surface area contributed by atoms with E-state index >= 15 is 0 Å². The molecule has 1 atom stereocenters. The zero-order valence-corrected chi connectivity index (χ0v) is 14.4. The number of esters is 2. The van der Waals surface area contributed by atoms with E-state index in [2.05, 4.69) is 4.74 Å². The molecular weight excluding hydrogens is 314 g/mol. The third-order valence-corrected chi connectivity index (χ3v) is 3.52. The molecule has 1 aromatic carbocycles. The lowest BCUT2D eigenvalue weighted by Gasteiger charge is -2.33. The Bertz CT molecular complexity index is 607. The van der Waals surface area contributed by atoms with E-state index in [1.54, 1.807) is 45.0 Å². The van der Waals surface area contributed by atoms with Gasteiger partial charge in [0, 0.05) is 13.0 Å². The normalized spacial score (nSPS) is 21.4. The Hall–Kier alpha value is -2.12. The fraction of sp³-hybridized carbons (Fsp3) is 0.529. The van der Waals surface area contributed by atoms with Crippen LogP contribution < -0.4 is 4.84 Å². The number of ether oxygens (including phenoxy) is 2. The highest BCUT2D eigenvalue weighted by molar-refractivity contribution is 5.89. The summed E-state index contributed by atoms with van der Waals surface area (Å²) in [5.74, 6) is -0.793. The quantitative estimate of drug-likeness (QED) is 0.840. The maximum atomic E-state index is 12.3. The van der Waals surface area contributed by atoms with Gasteiger partial charge >= 0.3 is 11.9 Å². The van der Waals surface area contributed by atoms with Crippen molar-refractivity contribution in [1.29, 1.82) is 0 Å². The van der Waals surface area contributed by atoms with E-state index < -0.39 is 23.3 Å². The molecule has 0 saturated carbocycles. The van der Waals surface area contributed by atoms with Crippen LogP contribution in [0.5, 0.6) is 5.75 Å². The molecule has 1 aliphatic heterocycles. The maximum Gasteiger partial charge on any atom is 0.357 e. The van der Waals surface area contributed by atoms with Crippen LogP contribution in [-0.4, -0.2) is 47.1 Å². The van der Waals surface area contributed by atoms with Gasteiger partial charge < -0.3 is 19.4 Å². The molecule has 0 amide bonds.